The summed E-state index contributed by atoms with van der Waals surface area (Å²) in [6.07, 6.45) is 11.8. The zero-order valence-corrected chi connectivity index (χ0v) is 23.3. The smallest absolute Gasteiger partial charge is 0.265 e. The van der Waals surface area contributed by atoms with Crippen molar-refractivity contribution < 1.29 is 9.53 Å². The minimum absolute atomic E-state index is 0.0792. The van der Waals surface area contributed by atoms with Crippen LogP contribution in [-0.2, 0) is 6.54 Å². The molecule has 2 aliphatic rings. The molecule has 0 bridgehead atoms. The molecule has 1 aliphatic carbocycles. The van der Waals surface area contributed by atoms with E-state index in [4.69, 9.17) is 9.72 Å². The highest BCUT2D eigenvalue weighted by molar-refractivity contribution is 5.96. The van der Waals surface area contributed by atoms with Crippen LogP contribution in [0.2, 0.25) is 0 Å². The molecule has 1 aromatic carbocycles. The van der Waals surface area contributed by atoms with Crippen LogP contribution in [0.1, 0.15) is 47.2 Å². The molecular formula is C31H33N7O3. The molecule has 41 heavy (non-hydrogen) atoms. The van der Waals surface area contributed by atoms with Gasteiger partial charge in [-0.3, -0.25) is 19.1 Å². The van der Waals surface area contributed by atoms with Gasteiger partial charge in [0.05, 0.1) is 6.54 Å². The van der Waals surface area contributed by atoms with Crippen molar-refractivity contribution in [3.63, 3.8) is 0 Å². The molecule has 2 N–H and O–H groups in total. The van der Waals surface area contributed by atoms with Gasteiger partial charge in [0.25, 0.3) is 11.5 Å². The van der Waals surface area contributed by atoms with E-state index in [1.54, 1.807) is 37.1 Å². The van der Waals surface area contributed by atoms with Crippen LogP contribution in [-0.4, -0.2) is 63.6 Å². The molecule has 10 nitrogen and oxygen atoms in total. The van der Waals surface area contributed by atoms with E-state index in [9.17, 15) is 9.59 Å². The molecule has 210 valence electrons. The van der Waals surface area contributed by atoms with E-state index in [2.05, 4.69) is 26.7 Å². The van der Waals surface area contributed by atoms with Gasteiger partial charge in [0.1, 0.15) is 23.1 Å². The lowest BCUT2D eigenvalue weighted by molar-refractivity contribution is 0.0825. The molecule has 1 saturated heterocycles. The molecule has 3 aromatic heterocycles. The minimum Gasteiger partial charge on any atom is -0.489 e. The molecule has 1 amide bonds. The Morgan fingerprint density at radius 3 is 2.78 bits per heavy atom. The fourth-order valence-corrected chi connectivity index (χ4v) is 5.36. The van der Waals surface area contributed by atoms with Crippen molar-refractivity contribution >= 4 is 34.1 Å². The van der Waals surface area contributed by atoms with E-state index < -0.39 is 5.56 Å². The fourth-order valence-electron chi connectivity index (χ4n) is 5.36. The maximum atomic E-state index is 13.8. The number of carbonyl (C=O) groups is 1. The van der Waals surface area contributed by atoms with Crippen molar-refractivity contribution in [1.29, 1.82) is 0 Å². The van der Waals surface area contributed by atoms with E-state index in [1.165, 1.54) is 10.5 Å². The number of hydrogen-bond donors (Lipinski definition) is 2. The standard InChI is InChI=1S/C31H33N7O3/c1-37(2)29(39)26-15-22-16-34-31(35-23-7-9-24(10-8-23)41-25-12-14-32-17-25)36-28(22)38(30(26)40)19-21-11-13-33-18-27(21)20-5-3-4-6-20/h5,7-11,13,15-16,18,25,32H,3-4,6,12,14,17,19H2,1-2H3,(H,34,35,36). The van der Waals surface area contributed by atoms with Crippen LogP contribution in [0.4, 0.5) is 11.6 Å². The molecule has 1 unspecified atom stereocenters. The Kier molecular flexibility index (Phi) is 7.47. The Hall–Kier alpha value is -4.57. The SMILES string of the molecule is CN(C)C(=O)c1cc2cnc(Nc3ccc(OC4CCNC4)cc3)nc2n(Cc2ccncc2C2=CCCC2)c1=O. The number of aromatic nitrogens is 4. The summed E-state index contributed by atoms with van der Waals surface area (Å²) in [7, 11) is 3.27. The Balaban J connectivity index is 1.36. The van der Waals surface area contributed by atoms with Crippen LogP contribution in [0.25, 0.3) is 16.6 Å². The van der Waals surface area contributed by atoms with Gasteiger partial charge in [0, 0.05) is 55.9 Å². The summed E-state index contributed by atoms with van der Waals surface area (Å²) in [5.41, 5.74) is 4.13. The number of ether oxygens (including phenoxy) is 1. The number of benzene rings is 1. The number of nitrogens with zero attached hydrogens (tertiary/aromatic N) is 5. The van der Waals surface area contributed by atoms with Crippen molar-refractivity contribution in [3.8, 4) is 5.75 Å². The van der Waals surface area contributed by atoms with E-state index >= 15 is 0 Å². The van der Waals surface area contributed by atoms with Gasteiger partial charge in [-0.15, -0.1) is 0 Å². The summed E-state index contributed by atoms with van der Waals surface area (Å²) >= 11 is 0. The average Bonchev–Trinajstić information content (AvgIpc) is 3.70. The quantitative estimate of drug-likeness (QED) is 0.338. The summed E-state index contributed by atoms with van der Waals surface area (Å²) < 4.78 is 7.59. The molecule has 1 aliphatic heterocycles. The third kappa shape index (κ3) is 5.69. The minimum atomic E-state index is -0.396. The summed E-state index contributed by atoms with van der Waals surface area (Å²) in [6, 6.07) is 11.2. The van der Waals surface area contributed by atoms with E-state index in [0.717, 1.165) is 61.3 Å². The molecular weight excluding hydrogens is 518 g/mol. The van der Waals surface area contributed by atoms with Crippen molar-refractivity contribution in [3.05, 3.63) is 88.1 Å². The number of pyridine rings is 2. The van der Waals surface area contributed by atoms with E-state index in [0.29, 0.717) is 17.0 Å². The first kappa shape index (κ1) is 26.6. The monoisotopic (exact) mass is 551 g/mol. The first-order chi connectivity index (χ1) is 20.0. The number of carbonyl (C=O) groups excluding carboxylic acids is 1. The van der Waals surface area contributed by atoms with Gasteiger partial charge in [-0.2, -0.15) is 4.98 Å². The topological polar surface area (TPSA) is 114 Å². The van der Waals surface area contributed by atoms with Gasteiger partial charge >= 0.3 is 0 Å². The van der Waals surface area contributed by atoms with Crippen LogP contribution < -0.4 is 20.9 Å². The second-order valence-corrected chi connectivity index (χ2v) is 10.7. The first-order valence-corrected chi connectivity index (χ1v) is 14.0. The van der Waals surface area contributed by atoms with Gasteiger partial charge < -0.3 is 20.3 Å². The number of amides is 1. The number of hydrogen-bond acceptors (Lipinski definition) is 8. The number of fused-ring (bicyclic) bond motifs is 1. The number of nitrogens with one attached hydrogen (secondary N) is 2. The van der Waals surface area contributed by atoms with Gasteiger partial charge in [0.15, 0.2) is 0 Å². The van der Waals surface area contributed by atoms with Crippen molar-refractivity contribution in [1.82, 2.24) is 29.7 Å². The van der Waals surface area contributed by atoms with Crippen molar-refractivity contribution in [2.75, 3.05) is 32.5 Å². The van der Waals surface area contributed by atoms with Crippen LogP contribution >= 0.6 is 0 Å². The first-order valence-electron chi connectivity index (χ1n) is 14.0. The molecule has 6 rings (SSSR count). The molecule has 0 saturated carbocycles. The Morgan fingerprint density at radius 2 is 2.05 bits per heavy atom. The second kappa shape index (κ2) is 11.5. The predicted molar refractivity (Wildman–Crippen MR) is 159 cm³/mol. The summed E-state index contributed by atoms with van der Waals surface area (Å²) in [5, 5.41) is 7.14. The lowest BCUT2D eigenvalue weighted by atomic mass is 10.0. The maximum Gasteiger partial charge on any atom is 0.265 e. The third-order valence-electron chi connectivity index (χ3n) is 7.52. The molecule has 1 fully saturated rings. The Bertz CT molecular complexity index is 1670. The fraction of sp³-hybridized carbons (Fsp3) is 0.323. The Labute approximate surface area is 238 Å². The van der Waals surface area contributed by atoms with Crippen LogP contribution in [0.3, 0.4) is 0 Å². The highest BCUT2D eigenvalue weighted by Crippen LogP contribution is 2.30. The summed E-state index contributed by atoms with van der Waals surface area (Å²) in [4.78, 5) is 41.8. The number of allylic oxidation sites excluding steroid dienone is 2. The number of rotatable bonds is 8. The van der Waals surface area contributed by atoms with Crippen LogP contribution in [0.5, 0.6) is 5.75 Å². The van der Waals surface area contributed by atoms with Gasteiger partial charge in [0.2, 0.25) is 5.95 Å². The van der Waals surface area contributed by atoms with Crippen molar-refractivity contribution in [2.24, 2.45) is 0 Å². The van der Waals surface area contributed by atoms with E-state index in [-0.39, 0.29) is 24.1 Å². The van der Waals surface area contributed by atoms with Crippen LogP contribution in [0.15, 0.2) is 65.9 Å². The largest absolute Gasteiger partial charge is 0.489 e. The maximum absolute atomic E-state index is 13.8. The van der Waals surface area contributed by atoms with Gasteiger partial charge in [-0.05, 0) is 79.8 Å². The molecule has 0 radical (unpaired) electrons. The summed E-state index contributed by atoms with van der Waals surface area (Å²) in [6.45, 7) is 2.07. The lowest BCUT2D eigenvalue weighted by Crippen LogP contribution is -2.33. The molecule has 0 spiro atoms. The van der Waals surface area contributed by atoms with Gasteiger partial charge in [-0.25, -0.2) is 4.98 Å². The third-order valence-corrected chi connectivity index (χ3v) is 7.52. The average molecular weight is 552 g/mol. The Morgan fingerprint density at radius 1 is 1.20 bits per heavy atom. The highest BCUT2D eigenvalue weighted by Gasteiger charge is 2.21. The zero-order chi connectivity index (χ0) is 28.3. The highest BCUT2D eigenvalue weighted by atomic mass is 16.5. The molecule has 4 heterocycles. The summed E-state index contributed by atoms with van der Waals surface area (Å²) in [5.74, 6) is 0.789. The zero-order valence-electron chi connectivity index (χ0n) is 23.3. The lowest BCUT2D eigenvalue weighted by Gasteiger charge is -2.17. The van der Waals surface area contributed by atoms with Gasteiger partial charge in [-0.1, -0.05) is 6.08 Å². The molecule has 10 heteroatoms. The molecule has 4 aromatic rings. The van der Waals surface area contributed by atoms with Crippen molar-refractivity contribution in [2.45, 2.75) is 38.3 Å². The predicted octanol–water partition coefficient (Wildman–Crippen LogP) is 3.99. The van der Waals surface area contributed by atoms with E-state index in [1.807, 2.05) is 36.5 Å². The van der Waals surface area contributed by atoms with Crippen LogP contribution in [0, 0.1) is 0 Å². The normalized spacial score (nSPS) is 16.5. The number of anilines is 2. The second-order valence-electron chi connectivity index (χ2n) is 10.7. The molecule has 1 atom stereocenters.